The van der Waals surface area contributed by atoms with Crippen LogP contribution in [-0.2, 0) is 4.74 Å². The molecule has 0 radical (unpaired) electrons. The number of allylic oxidation sites excluding steroid dienone is 1. The Morgan fingerprint density at radius 2 is 2.25 bits per heavy atom. The van der Waals surface area contributed by atoms with Crippen molar-refractivity contribution in [2.24, 2.45) is 4.99 Å². The lowest BCUT2D eigenvalue weighted by Crippen LogP contribution is -2.00. The SMILES string of the molecule is CO[C@@H](C)c1ccc(C2=CCN=CC2)cn1. The number of rotatable bonds is 3. The second-order valence-corrected chi connectivity index (χ2v) is 3.83. The van der Waals surface area contributed by atoms with Gasteiger partial charge in [0.15, 0.2) is 0 Å². The first-order valence-electron chi connectivity index (χ1n) is 5.47. The smallest absolute Gasteiger partial charge is 0.0962 e. The van der Waals surface area contributed by atoms with Gasteiger partial charge in [-0.3, -0.25) is 9.98 Å². The summed E-state index contributed by atoms with van der Waals surface area (Å²) >= 11 is 0. The van der Waals surface area contributed by atoms with Crippen LogP contribution in [0.15, 0.2) is 29.4 Å². The van der Waals surface area contributed by atoms with E-state index in [1.54, 1.807) is 7.11 Å². The highest BCUT2D eigenvalue weighted by molar-refractivity contribution is 5.81. The molecule has 0 saturated carbocycles. The summed E-state index contributed by atoms with van der Waals surface area (Å²) in [6.45, 7) is 2.78. The van der Waals surface area contributed by atoms with Crippen molar-refractivity contribution in [3.63, 3.8) is 0 Å². The number of aliphatic imine (C=N–C) groups is 1. The number of dihydropyridines is 1. The van der Waals surface area contributed by atoms with E-state index in [4.69, 9.17) is 4.74 Å². The zero-order valence-electron chi connectivity index (χ0n) is 9.68. The summed E-state index contributed by atoms with van der Waals surface area (Å²) in [4.78, 5) is 8.58. The van der Waals surface area contributed by atoms with Gasteiger partial charge in [-0.2, -0.15) is 0 Å². The van der Waals surface area contributed by atoms with Crippen molar-refractivity contribution in [2.45, 2.75) is 19.4 Å². The predicted molar refractivity (Wildman–Crippen MR) is 65.6 cm³/mol. The Morgan fingerprint density at radius 3 is 2.81 bits per heavy atom. The normalized spacial score (nSPS) is 17.0. The average molecular weight is 216 g/mol. The highest BCUT2D eigenvalue weighted by atomic mass is 16.5. The third-order valence-electron chi connectivity index (χ3n) is 2.81. The highest BCUT2D eigenvalue weighted by Crippen LogP contribution is 2.20. The van der Waals surface area contributed by atoms with Crippen molar-refractivity contribution in [2.75, 3.05) is 13.7 Å². The van der Waals surface area contributed by atoms with Gasteiger partial charge in [-0.25, -0.2) is 0 Å². The largest absolute Gasteiger partial charge is 0.375 e. The van der Waals surface area contributed by atoms with E-state index in [0.29, 0.717) is 0 Å². The molecular formula is C13H16N2O. The summed E-state index contributed by atoms with van der Waals surface area (Å²) in [5.41, 5.74) is 3.45. The molecule has 0 fully saturated rings. The molecule has 3 heteroatoms. The summed E-state index contributed by atoms with van der Waals surface area (Å²) in [5.74, 6) is 0. The maximum Gasteiger partial charge on any atom is 0.0962 e. The van der Waals surface area contributed by atoms with Crippen LogP contribution in [0.5, 0.6) is 0 Å². The summed E-state index contributed by atoms with van der Waals surface area (Å²) < 4.78 is 5.22. The van der Waals surface area contributed by atoms with E-state index in [9.17, 15) is 0 Å². The fourth-order valence-corrected chi connectivity index (χ4v) is 1.68. The first-order chi connectivity index (χ1) is 7.81. The van der Waals surface area contributed by atoms with Crippen LogP contribution in [0, 0.1) is 0 Å². The second-order valence-electron chi connectivity index (χ2n) is 3.83. The van der Waals surface area contributed by atoms with Crippen molar-refractivity contribution in [3.8, 4) is 0 Å². The van der Waals surface area contributed by atoms with E-state index in [-0.39, 0.29) is 6.10 Å². The molecule has 0 spiro atoms. The van der Waals surface area contributed by atoms with Crippen LogP contribution in [-0.4, -0.2) is 24.9 Å². The Morgan fingerprint density at radius 1 is 1.38 bits per heavy atom. The standard InChI is InChI=1S/C13H16N2O/c1-10(16-2)13-4-3-12(9-15-13)11-5-7-14-8-6-11/h3-5,8-10H,6-7H2,1-2H3/t10-/m0/s1. The molecule has 3 nitrogen and oxygen atoms in total. The first kappa shape index (κ1) is 11.0. The van der Waals surface area contributed by atoms with Crippen LogP contribution in [0.1, 0.15) is 30.7 Å². The fourth-order valence-electron chi connectivity index (χ4n) is 1.68. The van der Waals surface area contributed by atoms with Crippen LogP contribution in [0.25, 0.3) is 5.57 Å². The minimum Gasteiger partial charge on any atom is -0.375 e. The van der Waals surface area contributed by atoms with Gasteiger partial charge >= 0.3 is 0 Å². The van der Waals surface area contributed by atoms with Gasteiger partial charge in [0, 0.05) is 25.9 Å². The quantitative estimate of drug-likeness (QED) is 0.778. The summed E-state index contributed by atoms with van der Waals surface area (Å²) in [5, 5.41) is 0. The van der Waals surface area contributed by atoms with Gasteiger partial charge in [0.05, 0.1) is 18.3 Å². The maximum absolute atomic E-state index is 5.22. The summed E-state index contributed by atoms with van der Waals surface area (Å²) in [6, 6.07) is 4.12. The molecule has 0 N–H and O–H groups in total. The monoisotopic (exact) mass is 216 g/mol. The fraction of sp³-hybridized carbons (Fsp3) is 0.385. The van der Waals surface area contributed by atoms with Gasteiger partial charge in [0.25, 0.3) is 0 Å². The van der Waals surface area contributed by atoms with Crippen LogP contribution < -0.4 is 0 Å². The maximum atomic E-state index is 5.22. The molecule has 0 amide bonds. The van der Waals surface area contributed by atoms with Crippen molar-refractivity contribution < 1.29 is 4.74 Å². The molecule has 16 heavy (non-hydrogen) atoms. The summed E-state index contributed by atoms with van der Waals surface area (Å²) in [7, 11) is 1.69. The molecule has 1 atom stereocenters. The van der Waals surface area contributed by atoms with Crippen LogP contribution in [0.4, 0.5) is 0 Å². The van der Waals surface area contributed by atoms with Gasteiger partial charge in [-0.1, -0.05) is 12.1 Å². The molecular weight excluding hydrogens is 200 g/mol. The number of aromatic nitrogens is 1. The lowest BCUT2D eigenvalue weighted by Gasteiger charge is -2.11. The minimum absolute atomic E-state index is 0.0518. The van der Waals surface area contributed by atoms with E-state index in [0.717, 1.165) is 18.7 Å². The Labute approximate surface area is 95.9 Å². The van der Waals surface area contributed by atoms with E-state index >= 15 is 0 Å². The molecule has 0 saturated heterocycles. The highest BCUT2D eigenvalue weighted by Gasteiger charge is 2.07. The summed E-state index contributed by atoms with van der Waals surface area (Å²) in [6.07, 6.45) is 6.98. The number of pyridine rings is 1. The van der Waals surface area contributed by atoms with Gasteiger partial charge < -0.3 is 4.74 Å². The zero-order chi connectivity index (χ0) is 11.4. The molecule has 1 aliphatic rings. The minimum atomic E-state index is 0.0518. The lowest BCUT2D eigenvalue weighted by molar-refractivity contribution is 0.116. The zero-order valence-corrected chi connectivity index (χ0v) is 9.68. The number of ether oxygens (including phenoxy) is 1. The molecule has 2 heterocycles. The average Bonchev–Trinajstić information content (AvgIpc) is 2.39. The number of nitrogens with zero attached hydrogens (tertiary/aromatic N) is 2. The van der Waals surface area contributed by atoms with Crippen molar-refractivity contribution in [3.05, 3.63) is 35.7 Å². The van der Waals surface area contributed by atoms with Crippen molar-refractivity contribution >= 4 is 11.8 Å². The van der Waals surface area contributed by atoms with Crippen molar-refractivity contribution in [1.29, 1.82) is 0 Å². The lowest BCUT2D eigenvalue weighted by atomic mass is 10.0. The molecule has 1 aromatic rings. The Balaban J connectivity index is 2.16. The topological polar surface area (TPSA) is 34.5 Å². The number of hydrogen-bond donors (Lipinski definition) is 0. The van der Waals surface area contributed by atoms with E-state index in [1.807, 2.05) is 25.4 Å². The van der Waals surface area contributed by atoms with Gasteiger partial charge in [0.1, 0.15) is 0 Å². The van der Waals surface area contributed by atoms with E-state index in [2.05, 4.69) is 22.1 Å². The van der Waals surface area contributed by atoms with Crippen LogP contribution in [0.3, 0.4) is 0 Å². The molecule has 84 valence electrons. The Kier molecular flexibility index (Phi) is 3.47. The third kappa shape index (κ3) is 2.36. The van der Waals surface area contributed by atoms with Crippen molar-refractivity contribution in [1.82, 2.24) is 4.98 Å². The second kappa shape index (κ2) is 5.03. The molecule has 2 rings (SSSR count). The first-order valence-corrected chi connectivity index (χ1v) is 5.47. The number of methoxy groups -OCH3 is 1. The third-order valence-corrected chi connectivity index (χ3v) is 2.81. The predicted octanol–water partition coefficient (Wildman–Crippen LogP) is 2.65. The number of hydrogen-bond acceptors (Lipinski definition) is 3. The molecule has 0 aliphatic carbocycles. The van der Waals surface area contributed by atoms with Gasteiger partial charge in [-0.05, 0) is 24.1 Å². The van der Waals surface area contributed by atoms with E-state index < -0.39 is 0 Å². The Bertz CT molecular complexity index is 406. The van der Waals surface area contributed by atoms with Crippen LogP contribution >= 0.6 is 0 Å². The molecule has 0 aromatic carbocycles. The molecule has 1 aromatic heterocycles. The molecule has 0 bridgehead atoms. The molecule has 1 aliphatic heterocycles. The van der Waals surface area contributed by atoms with Gasteiger partial charge in [-0.15, -0.1) is 0 Å². The van der Waals surface area contributed by atoms with Gasteiger partial charge in [0.2, 0.25) is 0 Å². The Hall–Kier alpha value is -1.48. The van der Waals surface area contributed by atoms with Crippen LogP contribution in [0.2, 0.25) is 0 Å². The van der Waals surface area contributed by atoms with E-state index in [1.165, 1.54) is 11.1 Å². The molecule has 0 unspecified atom stereocenters.